The van der Waals surface area contributed by atoms with Crippen LogP contribution in [0.15, 0.2) is 36.5 Å². The van der Waals surface area contributed by atoms with Crippen molar-refractivity contribution >= 4 is 10.9 Å². The number of hydrogen-bond acceptors (Lipinski definition) is 3. The molecule has 0 saturated heterocycles. The SMILES string of the molecule is CNCCNCc1cccc2cccnc12. The molecule has 0 atom stereocenters. The molecule has 2 N–H and O–H groups in total. The van der Waals surface area contributed by atoms with Crippen LogP contribution < -0.4 is 10.6 Å². The fraction of sp³-hybridized carbons (Fsp3) is 0.308. The molecular formula is C13H17N3. The highest BCUT2D eigenvalue weighted by Crippen LogP contribution is 2.15. The average molecular weight is 215 g/mol. The maximum absolute atomic E-state index is 4.42. The van der Waals surface area contributed by atoms with E-state index in [0.717, 1.165) is 25.2 Å². The lowest BCUT2D eigenvalue weighted by Crippen LogP contribution is -2.24. The van der Waals surface area contributed by atoms with Gasteiger partial charge in [0.15, 0.2) is 0 Å². The highest BCUT2D eigenvalue weighted by molar-refractivity contribution is 5.81. The van der Waals surface area contributed by atoms with Crippen LogP contribution in [-0.4, -0.2) is 25.1 Å². The summed E-state index contributed by atoms with van der Waals surface area (Å²) in [7, 11) is 1.96. The molecule has 0 aliphatic rings. The van der Waals surface area contributed by atoms with E-state index in [9.17, 15) is 0 Å². The van der Waals surface area contributed by atoms with Crippen molar-refractivity contribution in [1.29, 1.82) is 0 Å². The van der Waals surface area contributed by atoms with Gasteiger partial charge in [-0.2, -0.15) is 0 Å². The molecule has 0 aliphatic heterocycles. The molecule has 16 heavy (non-hydrogen) atoms. The molecule has 0 aliphatic carbocycles. The molecule has 0 saturated carbocycles. The smallest absolute Gasteiger partial charge is 0.0746 e. The monoisotopic (exact) mass is 215 g/mol. The number of aromatic nitrogens is 1. The number of para-hydroxylation sites is 1. The Bertz CT molecular complexity index is 448. The van der Waals surface area contributed by atoms with Crippen LogP contribution in [-0.2, 0) is 6.54 Å². The van der Waals surface area contributed by atoms with Crippen molar-refractivity contribution in [3.63, 3.8) is 0 Å². The van der Waals surface area contributed by atoms with E-state index in [1.165, 1.54) is 10.9 Å². The number of rotatable bonds is 5. The van der Waals surface area contributed by atoms with Crippen molar-refractivity contribution in [3.8, 4) is 0 Å². The molecule has 84 valence electrons. The van der Waals surface area contributed by atoms with Crippen LogP contribution >= 0.6 is 0 Å². The van der Waals surface area contributed by atoms with Gasteiger partial charge in [0, 0.05) is 31.2 Å². The molecule has 1 aromatic heterocycles. The van der Waals surface area contributed by atoms with Gasteiger partial charge in [0.2, 0.25) is 0 Å². The second kappa shape index (κ2) is 5.58. The molecule has 0 unspecified atom stereocenters. The van der Waals surface area contributed by atoms with E-state index in [2.05, 4.69) is 39.9 Å². The van der Waals surface area contributed by atoms with Gasteiger partial charge in [-0.25, -0.2) is 0 Å². The molecule has 3 heteroatoms. The van der Waals surface area contributed by atoms with Crippen molar-refractivity contribution in [3.05, 3.63) is 42.1 Å². The first-order valence-electron chi connectivity index (χ1n) is 5.60. The number of fused-ring (bicyclic) bond motifs is 1. The number of hydrogen-bond donors (Lipinski definition) is 2. The lowest BCUT2D eigenvalue weighted by atomic mass is 10.1. The van der Waals surface area contributed by atoms with E-state index in [1.54, 1.807) is 0 Å². The number of likely N-dealkylation sites (N-methyl/N-ethyl adjacent to an activating group) is 1. The lowest BCUT2D eigenvalue weighted by molar-refractivity contribution is 0.652. The van der Waals surface area contributed by atoms with Crippen molar-refractivity contribution in [2.75, 3.05) is 20.1 Å². The average Bonchev–Trinajstić information content (AvgIpc) is 2.35. The normalized spacial score (nSPS) is 10.8. The molecule has 3 nitrogen and oxygen atoms in total. The van der Waals surface area contributed by atoms with Gasteiger partial charge in [-0.05, 0) is 18.7 Å². The van der Waals surface area contributed by atoms with E-state index in [0.29, 0.717) is 0 Å². The minimum Gasteiger partial charge on any atom is -0.318 e. The van der Waals surface area contributed by atoms with Gasteiger partial charge in [0.25, 0.3) is 0 Å². The predicted octanol–water partition coefficient (Wildman–Crippen LogP) is 1.54. The van der Waals surface area contributed by atoms with Gasteiger partial charge >= 0.3 is 0 Å². The van der Waals surface area contributed by atoms with Gasteiger partial charge in [-0.3, -0.25) is 4.98 Å². The summed E-state index contributed by atoms with van der Waals surface area (Å²) in [6, 6.07) is 10.4. The van der Waals surface area contributed by atoms with E-state index < -0.39 is 0 Å². The summed E-state index contributed by atoms with van der Waals surface area (Å²) >= 11 is 0. The Morgan fingerprint density at radius 3 is 2.88 bits per heavy atom. The van der Waals surface area contributed by atoms with Gasteiger partial charge in [-0.1, -0.05) is 24.3 Å². The number of nitrogens with one attached hydrogen (secondary N) is 2. The first-order valence-corrected chi connectivity index (χ1v) is 5.60. The van der Waals surface area contributed by atoms with E-state index in [4.69, 9.17) is 0 Å². The van der Waals surface area contributed by atoms with Crippen molar-refractivity contribution in [2.24, 2.45) is 0 Å². The third kappa shape index (κ3) is 2.56. The molecule has 2 rings (SSSR count). The number of benzene rings is 1. The van der Waals surface area contributed by atoms with Crippen LogP contribution in [0.3, 0.4) is 0 Å². The molecule has 1 aromatic carbocycles. The summed E-state index contributed by atoms with van der Waals surface area (Å²) in [5, 5.41) is 7.71. The Hall–Kier alpha value is -1.45. The summed E-state index contributed by atoms with van der Waals surface area (Å²) in [5.41, 5.74) is 2.36. The molecule has 0 bridgehead atoms. The van der Waals surface area contributed by atoms with Gasteiger partial charge in [0.05, 0.1) is 5.52 Å². The van der Waals surface area contributed by atoms with E-state index >= 15 is 0 Å². The second-order valence-electron chi connectivity index (χ2n) is 3.77. The third-order valence-electron chi connectivity index (χ3n) is 2.58. The molecule has 0 fully saturated rings. The highest BCUT2D eigenvalue weighted by Gasteiger charge is 2.00. The minimum absolute atomic E-state index is 0.871. The van der Waals surface area contributed by atoms with Crippen molar-refractivity contribution in [1.82, 2.24) is 15.6 Å². The Labute approximate surface area is 95.9 Å². The Balaban J connectivity index is 2.11. The molecule has 0 radical (unpaired) electrons. The predicted molar refractivity (Wildman–Crippen MR) is 67.4 cm³/mol. The second-order valence-corrected chi connectivity index (χ2v) is 3.77. The highest BCUT2D eigenvalue weighted by atomic mass is 14.9. The quantitative estimate of drug-likeness (QED) is 0.743. The molecule has 2 aromatic rings. The first kappa shape index (κ1) is 11.0. The van der Waals surface area contributed by atoms with Crippen LogP contribution in [0.25, 0.3) is 10.9 Å². The minimum atomic E-state index is 0.871. The fourth-order valence-corrected chi connectivity index (χ4v) is 1.75. The van der Waals surface area contributed by atoms with Crippen LogP contribution in [0.5, 0.6) is 0 Å². The lowest BCUT2D eigenvalue weighted by Gasteiger charge is -2.07. The topological polar surface area (TPSA) is 37.0 Å². The van der Waals surface area contributed by atoms with E-state index in [-0.39, 0.29) is 0 Å². The Kier molecular flexibility index (Phi) is 3.86. The Morgan fingerprint density at radius 1 is 1.12 bits per heavy atom. The maximum Gasteiger partial charge on any atom is 0.0746 e. The molecule has 1 heterocycles. The standard InChI is InChI=1S/C13H17N3/c1-14-8-9-15-10-12-5-2-4-11-6-3-7-16-13(11)12/h2-7,14-15H,8-10H2,1H3. The third-order valence-corrected chi connectivity index (χ3v) is 2.58. The zero-order valence-electron chi connectivity index (χ0n) is 9.53. The zero-order valence-corrected chi connectivity index (χ0v) is 9.53. The van der Waals surface area contributed by atoms with Gasteiger partial charge < -0.3 is 10.6 Å². The van der Waals surface area contributed by atoms with Gasteiger partial charge in [0.1, 0.15) is 0 Å². The maximum atomic E-state index is 4.42. The molecular weight excluding hydrogens is 198 g/mol. The fourth-order valence-electron chi connectivity index (χ4n) is 1.75. The van der Waals surface area contributed by atoms with Gasteiger partial charge in [-0.15, -0.1) is 0 Å². The summed E-state index contributed by atoms with van der Waals surface area (Å²) in [5.74, 6) is 0. The largest absolute Gasteiger partial charge is 0.318 e. The summed E-state index contributed by atoms with van der Waals surface area (Å²) < 4.78 is 0. The number of nitrogens with zero attached hydrogens (tertiary/aromatic N) is 1. The van der Waals surface area contributed by atoms with Crippen LogP contribution in [0.2, 0.25) is 0 Å². The first-order chi connectivity index (χ1) is 7.92. The molecule has 0 amide bonds. The number of pyridine rings is 1. The summed E-state index contributed by atoms with van der Waals surface area (Å²) in [4.78, 5) is 4.42. The zero-order chi connectivity index (χ0) is 11.2. The van der Waals surface area contributed by atoms with Crippen LogP contribution in [0.1, 0.15) is 5.56 Å². The van der Waals surface area contributed by atoms with Crippen LogP contribution in [0, 0.1) is 0 Å². The van der Waals surface area contributed by atoms with Crippen molar-refractivity contribution in [2.45, 2.75) is 6.54 Å². The van der Waals surface area contributed by atoms with Crippen molar-refractivity contribution < 1.29 is 0 Å². The summed E-state index contributed by atoms with van der Waals surface area (Å²) in [6.07, 6.45) is 1.85. The van der Waals surface area contributed by atoms with E-state index in [1.807, 2.05) is 19.3 Å². The Morgan fingerprint density at radius 2 is 2.00 bits per heavy atom. The van der Waals surface area contributed by atoms with Crippen LogP contribution in [0.4, 0.5) is 0 Å². The summed E-state index contributed by atoms with van der Waals surface area (Å²) in [6.45, 7) is 2.83. The molecule has 0 spiro atoms.